The highest BCUT2D eigenvalue weighted by molar-refractivity contribution is 7.92. The molecule has 0 aromatic heterocycles. The van der Waals surface area contributed by atoms with E-state index in [9.17, 15) is 18.0 Å². The van der Waals surface area contributed by atoms with Crippen LogP contribution >= 0.6 is 0 Å². The summed E-state index contributed by atoms with van der Waals surface area (Å²) in [4.78, 5) is 22.6. The van der Waals surface area contributed by atoms with Gasteiger partial charge in [-0.2, -0.15) is 0 Å². The normalized spacial score (nSPS) is 20.8. The molecule has 0 saturated heterocycles. The fourth-order valence-electron chi connectivity index (χ4n) is 2.10. The highest BCUT2D eigenvalue weighted by atomic mass is 32.2. The van der Waals surface area contributed by atoms with E-state index in [2.05, 4.69) is 5.32 Å². The van der Waals surface area contributed by atoms with Crippen LogP contribution in [0.15, 0.2) is 0 Å². The summed E-state index contributed by atoms with van der Waals surface area (Å²) in [6.45, 7) is 1.31. The molecule has 1 fully saturated rings. The van der Waals surface area contributed by atoms with Crippen LogP contribution in [0.3, 0.4) is 0 Å². The number of rotatable bonds is 4. The number of amides is 1. The Labute approximate surface area is 100 Å². The number of carbonyl (C=O) groups excluding carboxylic acids is 1. The summed E-state index contributed by atoms with van der Waals surface area (Å²) in [7, 11) is -3.54. The van der Waals surface area contributed by atoms with E-state index >= 15 is 0 Å². The lowest BCUT2D eigenvalue weighted by Crippen LogP contribution is -2.53. The third-order valence-corrected chi connectivity index (χ3v) is 5.27. The Hall–Kier alpha value is -1.11. The molecule has 0 aromatic rings. The van der Waals surface area contributed by atoms with Crippen molar-refractivity contribution in [3.05, 3.63) is 0 Å². The smallest absolute Gasteiger partial charge is 0.325 e. The second-order valence-corrected chi connectivity index (χ2v) is 6.83. The molecule has 0 aromatic carbocycles. The van der Waals surface area contributed by atoms with Crippen molar-refractivity contribution < 1.29 is 23.1 Å². The Morgan fingerprint density at radius 2 is 1.76 bits per heavy atom. The lowest BCUT2D eigenvalue weighted by Gasteiger charge is -2.26. The molecule has 0 unspecified atom stereocenters. The van der Waals surface area contributed by atoms with Crippen LogP contribution in [0, 0.1) is 0 Å². The molecule has 98 valence electrons. The SMILES string of the molecule is C[C@@H](NC(=O)C1(S(C)(=O)=O)CCCC1)C(=O)O. The molecule has 1 amide bonds. The summed E-state index contributed by atoms with van der Waals surface area (Å²) in [5.41, 5.74) is 0. The monoisotopic (exact) mass is 263 g/mol. The first-order valence-corrected chi connectivity index (χ1v) is 7.33. The lowest BCUT2D eigenvalue weighted by atomic mass is 10.1. The fourth-order valence-corrected chi connectivity index (χ4v) is 3.53. The quantitative estimate of drug-likeness (QED) is 0.739. The van der Waals surface area contributed by atoms with Crippen LogP contribution in [0.1, 0.15) is 32.6 Å². The summed E-state index contributed by atoms with van der Waals surface area (Å²) in [5, 5.41) is 10.9. The Morgan fingerprint density at radius 1 is 1.29 bits per heavy atom. The van der Waals surface area contributed by atoms with Gasteiger partial charge in [0.05, 0.1) is 0 Å². The van der Waals surface area contributed by atoms with E-state index in [1.807, 2.05) is 0 Å². The Bertz CT molecular complexity index is 422. The van der Waals surface area contributed by atoms with Gasteiger partial charge in [0.25, 0.3) is 0 Å². The van der Waals surface area contributed by atoms with Gasteiger partial charge in [0.15, 0.2) is 9.84 Å². The van der Waals surface area contributed by atoms with E-state index in [0.717, 1.165) is 6.26 Å². The standard InChI is InChI=1S/C10H17NO5S/c1-7(8(12)13)11-9(14)10(17(2,15)16)5-3-4-6-10/h7H,3-6H2,1-2H3,(H,11,14)(H,12,13)/t7-/m1/s1. The zero-order chi connectivity index (χ0) is 13.3. The van der Waals surface area contributed by atoms with Gasteiger partial charge in [0.1, 0.15) is 10.8 Å². The van der Waals surface area contributed by atoms with Crippen molar-refractivity contribution in [1.82, 2.24) is 5.32 Å². The van der Waals surface area contributed by atoms with Crippen LogP contribution in [0.2, 0.25) is 0 Å². The molecule has 1 rings (SSSR count). The van der Waals surface area contributed by atoms with Crippen LogP contribution in [0.4, 0.5) is 0 Å². The largest absolute Gasteiger partial charge is 0.480 e. The summed E-state index contributed by atoms with van der Waals surface area (Å²) in [5.74, 6) is -1.87. The molecule has 2 N–H and O–H groups in total. The van der Waals surface area contributed by atoms with Crippen molar-refractivity contribution in [1.29, 1.82) is 0 Å². The van der Waals surface area contributed by atoms with Crippen LogP contribution in [-0.2, 0) is 19.4 Å². The molecule has 0 aliphatic heterocycles. The zero-order valence-corrected chi connectivity index (χ0v) is 10.7. The second-order valence-electron chi connectivity index (χ2n) is 4.51. The van der Waals surface area contributed by atoms with Gasteiger partial charge in [-0.3, -0.25) is 9.59 Å². The van der Waals surface area contributed by atoms with Gasteiger partial charge < -0.3 is 10.4 Å². The van der Waals surface area contributed by atoms with E-state index in [1.165, 1.54) is 6.92 Å². The zero-order valence-electron chi connectivity index (χ0n) is 9.89. The molecule has 17 heavy (non-hydrogen) atoms. The van der Waals surface area contributed by atoms with Gasteiger partial charge in [-0.25, -0.2) is 8.42 Å². The average Bonchev–Trinajstić information content (AvgIpc) is 2.65. The van der Waals surface area contributed by atoms with Gasteiger partial charge in [-0.15, -0.1) is 0 Å². The number of carbonyl (C=O) groups is 2. The third kappa shape index (κ3) is 2.59. The molecule has 7 heteroatoms. The highest BCUT2D eigenvalue weighted by Crippen LogP contribution is 2.36. The van der Waals surface area contributed by atoms with Crippen LogP contribution < -0.4 is 5.32 Å². The van der Waals surface area contributed by atoms with Gasteiger partial charge in [0.2, 0.25) is 5.91 Å². The molecule has 6 nitrogen and oxygen atoms in total. The molecule has 0 radical (unpaired) electrons. The minimum Gasteiger partial charge on any atom is -0.480 e. The van der Waals surface area contributed by atoms with E-state index in [1.54, 1.807) is 0 Å². The third-order valence-electron chi connectivity index (χ3n) is 3.25. The number of sulfone groups is 1. The molecule has 1 aliphatic rings. The number of carboxylic acids is 1. The van der Waals surface area contributed by atoms with Crippen LogP contribution in [0.25, 0.3) is 0 Å². The van der Waals surface area contributed by atoms with Gasteiger partial charge >= 0.3 is 5.97 Å². The predicted molar refractivity (Wildman–Crippen MR) is 61.3 cm³/mol. The number of hydrogen-bond donors (Lipinski definition) is 2. The summed E-state index contributed by atoms with van der Waals surface area (Å²) in [6.07, 6.45) is 2.90. The maximum Gasteiger partial charge on any atom is 0.325 e. The van der Waals surface area contributed by atoms with E-state index in [-0.39, 0.29) is 12.8 Å². The molecule has 0 bridgehead atoms. The molecule has 1 aliphatic carbocycles. The molecule has 0 heterocycles. The predicted octanol–water partition coefficient (Wildman–Crippen LogP) is -0.0669. The first-order chi connectivity index (χ1) is 7.71. The second kappa shape index (κ2) is 4.64. The first kappa shape index (κ1) is 14.0. The van der Waals surface area contributed by atoms with Crippen molar-refractivity contribution in [2.24, 2.45) is 0 Å². The van der Waals surface area contributed by atoms with Gasteiger partial charge in [-0.1, -0.05) is 12.8 Å². The van der Waals surface area contributed by atoms with Crippen LogP contribution in [0.5, 0.6) is 0 Å². The molecule has 1 saturated carbocycles. The molecular formula is C10H17NO5S. The Morgan fingerprint density at radius 3 is 2.12 bits per heavy atom. The molecular weight excluding hydrogens is 246 g/mol. The Kier molecular flexibility index (Phi) is 3.81. The maximum absolute atomic E-state index is 12.0. The maximum atomic E-state index is 12.0. The minimum atomic E-state index is -3.54. The number of carboxylic acid groups (broad SMARTS) is 1. The van der Waals surface area contributed by atoms with E-state index in [0.29, 0.717) is 12.8 Å². The van der Waals surface area contributed by atoms with Crippen molar-refractivity contribution >= 4 is 21.7 Å². The molecule has 1 atom stereocenters. The van der Waals surface area contributed by atoms with Crippen molar-refractivity contribution in [3.8, 4) is 0 Å². The average molecular weight is 263 g/mol. The molecule has 0 spiro atoms. The van der Waals surface area contributed by atoms with Crippen molar-refractivity contribution in [2.45, 2.75) is 43.4 Å². The summed E-state index contributed by atoms with van der Waals surface area (Å²) < 4.78 is 22.0. The Balaban J connectivity index is 2.94. The van der Waals surface area contributed by atoms with Gasteiger partial charge in [0, 0.05) is 6.26 Å². The van der Waals surface area contributed by atoms with Crippen molar-refractivity contribution in [3.63, 3.8) is 0 Å². The summed E-state index contributed by atoms with van der Waals surface area (Å²) >= 11 is 0. The lowest BCUT2D eigenvalue weighted by molar-refractivity contribution is -0.141. The topological polar surface area (TPSA) is 101 Å². The van der Waals surface area contributed by atoms with E-state index < -0.39 is 32.5 Å². The summed E-state index contributed by atoms with van der Waals surface area (Å²) in [6, 6.07) is -1.08. The fraction of sp³-hybridized carbons (Fsp3) is 0.800. The number of aliphatic carboxylic acids is 1. The first-order valence-electron chi connectivity index (χ1n) is 5.44. The number of nitrogens with one attached hydrogen (secondary N) is 1. The van der Waals surface area contributed by atoms with E-state index in [4.69, 9.17) is 5.11 Å². The minimum absolute atomic E-state index is 0.268. The number of hydrogen-bond acceptors (Lipinski definition) is 4. The van der Waals surface area contributed by atoms with Crippen molar-refractivity contribution in [2.75, 3.05) is 6.26 Å². The van der Waals surface area contributed by atoms with Gasteiger partial charge in [-0.05, 0) is 19.8 Å². The highest BCUT2D eigenvalue weighted by Gasteiger charge is 2.50. The van der Waals surface area contributed by atoms with Crippen LogP contribution in [-0.4, -0.2) is 42.4 Å².